The molecule has 24 heavy (non-hydrogen) atoms. The van der Waals surface area contributed by atoms with Crippen molar-refractivity contribution >= 4 is 5.82 Å². The van der Waals surface area contributed by atoms with Gasteiger partial charge in [0.15, 0.2) is 0 Å². The molecule has 0 N–H and O–H groups in total. The molecule has 0 aliphatic carbocycles. The van der Waals surface area contributed by atoms with E-state index in [4.69, 9.17) is 4.52 Å². The summed E-state index contributed by atoms with van der Waals surface area (Å²) < 4.78 is 5.58. The van der Waals surface area contributed by atoms with Crippen molar-refractivity contribution in [1.82, 2.24) is 20.0 Å². The second-order valence-electron chi connectivity index (χ2n) is 7.94. The van der Waals surface area contributed by atoms with Crippen LogP contribution < -0.4 is 4.90 Å². The highest BCUT2D eigenvalue weighted by molar-refractivity contribution is 5.55. The third-order valence-electron chi connectivity index (χ3n) is 4.23. The fourth-order valence-corrected chi connectivity index (χ4v) is 3.17. The largest absolute Gasteiger partial charge is 0.363 e. The second-order valence-corrected chi connectivity index (χ2v) is 7.94. The van der Waals surface area contributed by atoms with Gasteiger partial charge in [0.1, 0.15) is 5.82 Å². The Morgan fingerprint density at radius 3 is 2.71 bits per heavy atom. The van der Waals surface area contributed by atoms with Gasteiger partial charge >= 0.3 is 0 Å². The van der Waals surface area contributed by atoms with Crippen LogP contribution in [0.1, 0.15) is 45.5 Å². The van der Waals surface area contributed by atoms with Crippen LogP contribution in [0.15, 0.2) is 22.9 Å². The van der Waals surface area contributed by atoms with E-state index in [2.05, 4.69) is 40.8 Å². The summed E-state index contributed by atoms with van der Waals surface area (Å²) in [6.45, 7) is 8.92. The molecule has 1 aliphatic rings. The highest BCUT2D eigenvalue weighted by Crippen LogP contribution is 2.34. The number of aromatic nitrogens is 3. The van der Waals surface area contributed by atoms with E-state index < -0.39 is 0 Å². The van der Waals surface area contributed by atoms with Gasteiger partial charge < -0.3 is 9.42 Å². The van der Waals surface area contributed by atoms with E-state index in [1.807, 2.05) is 31.1 Å². The first kappa shape index (κ1) is 16.9. The van der Waals surface area contributed by atoms with Crippen LogP contribution >= 0.6 is 0 Å². The molecule has 2 aromatic heterocycles. The van der Waals surface area contributed by atoms with E-state index in [9.17, 15) is 0 Å². The molecule has 1 atom stereocenters. The minimum atomic E-state index is 0.236. The molecule has 0 unspecified atom stereocenters. The molecule has 0 amide bonds. The van der Waals surface area contributed by atoms with Gasteiger partial charge in [-0.15, -0.1) is 0 Å². The average molecular weight is 329 g/mol. The Bertz CT molecular complexity index is 671. The molecular weight excluding hydrogens is 302 g/mol. The fraction of sp³-hybridized carbons (Fsp3) is 0.611. The van der Waals surface area contributed by atoms with Crippen LogP contribution in [0.2, 0.25) is 0 Å². The van der Waals surface area contributed by atoms with Crippen molar-refractivity contribution in [3.05, 3.63) is 24.2 Å². The Balaban J connectivity index is 1.77. The Morgan fingerprint density at radius 2 is 2.08 bits per heavy atom. The van der Waals surface area contributed by atoms with Crippen LogP contribution in [0.25, 0.3) is 11.4 Å². The molecular formula is C18H27N5O. The van der Waals surface area contributed by atoms with Crippen molar-refractivity contribution in [2.24, 2.45) is 5.41 Å². The molecule has 6 nitrogen and oxygen atoms in total. The fourth-order valence-electron chi connectivity index (χ4n) is 3.17. The summed E-state index contributed by atoms with van der Waals surface area (Å²) in [6.07, 6.45) is 4.05. The first-order chi connectivity index (χ1) is 11.3. The molecule has 2 aromatic rings. The number of nitrogens with zero attached hydrogens (tertiary/aromatic N) is 5. The molecule has 0 radical (unpaired) electrons. The van der Waals surface area contributed by atoms with Gasteiger partial charge in [0.05, 0.1) is 6.04 Å². The van der Waals surface area contributed by atoms with E-state index in [1.54, 1.807) is 6.20 Å². The third kappa shape index (κ3) is 3.75. The van der Waals surface area contributed by atoms with E-state index in [1.165, 1.54) is 6.42 Å². The maximum Gasteiger partial charge on any atom is 0.244 e. The summed E-state index contributed by atoms with van der Waals surface area (Å²) in [5.41, 5.74) is 1.15. The van der Waals surface area contributed by atoms with Crippen LogP contribution in [-0.4, -0.2) is 47.2 Å². The van der Waals surface area contributed by atoms with E-state index in [0.29, 0.717) is 5.82 Å². The summed E-state index contributed by atoms with van der Waals surface area (Å²) in [5.74, 6) is 2.25. The second kappa shape index (κ2) is 6.51. The number of likely N-dealkylation sites (tertiary alicyclic amines) is 1. The van der Waals surface area contributed by atoms with Crippen molar-refractivity contribution in [3.63, 3.8) is 0 Å². The molecule has 1 fully saturated rings. The normalized spacial score (nSPS) is 19.0. The predicted molar refractivity (Wildman–Crippen MR) is 94.9 cm³/mol. The van der Waals surface area contributed by atoms with Crippen LogP contribution in [0, 0.1) is 5.41 Å². The molecule has 1 aliphatic heterocycles. The summed E-state index contributed by atoms with van der Waals surface area (Å²) in [5, 5.41) is 4.17. The maximum absolute atomic E-state index is 5.58. The molecule has 0 aromatic carbocycles. The lowest BCUT2D eigenvalue weighted by Gasteiger charge is -2.29. The summed E-state index contributed by atoms with van der Waals surface area (Å²) in [6, 6.07) is 4.19. The molecule has 1 saturated heterocycles. The minimum Gasteiger partial charge on any atom is -0.363 e. The average Bonchev–Trinajstić information content (AvgIpc) is 3.14. The first-order valence-electron chi connectivity index (χ1n) is 8.55. The van der Waals surface area contributed by atoms with Crippen molar-refractivity contribution < 1.29 is 4.52 Å². The van der Waals surface area contributed by atoms with Gasteiger partial charge in [0, 0.05) is 32.4 Å². The molecule has 6 heteroatoms. The predicted octanol–water partition coefficient (Wildman–Crippen LogP) is 3.38. The van der Waals surface area contributed by atoms with E-state index in [0.717, 1.165) is 36.8 Å². The first-order valence-corrected chi connectivity index (χ1v) is 8.55. The molecule has 0 saturated carbocycles. The monoisotopic (exact) mass is 329 g/mol. The van der Waals surface area contributed by atoms with Crippen molar-refractivity contribution in [1.29, 1.82) is 0 Å². The third-order valence-corrected chi connectivity index (χ3v) is 4.23. The quantitative estimate of drug-likeness (QED) is 0.857. The van der Waals surface area contributed by atoms with Crippen LogP contribution in [0.3, 0.4) is 0 Å². The lowest BCUT2D eigenvalue weighted by Crippen LogP contribution is -2.32. The number of rotatable bonds is 4. The Kier molecular flexibility index (Phi) is 4.58. The Labute approximate surface area is 143 Å². The van der Waals surface area contributed by atoms with Gasteiger partial charge in [-0.05, 0) is 36.9 Å². The molecule has 0 spiro atoms. The molecule has 3 rings (SSSR count). The van der Waals surface area contributed by atoms with Crippen molar-refractivity contribution in [2.75, 3.05) is 32.1 Å². The highest BCUT2D eigenvalue weighted by atomic mass is 16.5. The van der Waals surface area contributed by atoms with E-state index >= 15 is 0 Å². The van der Waals surface area contributed by atoms with Gasteiger partial charge in [0.25, 0.3) is 0 Å². The molecule has 3 heterocycles. The summed E-state index contributed by atoms with van der Waals surface area (Å²) in [7, 11) is 3.94. The number of hydrogen-bond acceptors (Lipinski definition) is 6. The smallest absolute Gasteiger partial charge is 0.244 e. The van der Waals surface area contributed by atoms with Gasteiger partial charge in [-0.2, -0.15) is 4.98 Å². The topological polar surface area (TPSA) is 58.3 Å². The number of hydrogen-bond donors (Lipinski definition) is 0. The lowest BCUT2D eigenvalue weighted by molar-refractivity contribution is 0.153. The van der Waals surface area contributed by atoms with Crippen molar-refractivity contribution in [2.45, 2.75) is 39.7 Å². The van der Waals surface area contributed by atoms with Gasteiger partial charge in [-0.3, -0.25) is 4.90 Å². The summed E-state index contributed by atoms with van der Waals surface area (Å²) in [4.78, 5) is 13.5. The standard InChI is InChI=1S/C18H27N5O/c1-18(2,3)12-23-10-6-7-14(23)17-20-16(21-24-17)13-8-9-15(19-11-13)22(4)5/h8-9,11,14H,6-7,10,12H2,1-5H3/t14-/m0/s1. The number of pyridine rings is 1. The molecule has 0 bridgehead atoms. The maximum atomic E-state index is 5.58. The van der Waals surface area contributed by atoms with Crippen molar-refractivity contribution in [3.8, 4) is 11.4 Å². The zero-order valence-electron chi connectivity index (χ0n) is 15.3. The van der Waals surface area contributed by atoms with Gasteiger partial charge in [-0.1, -0.05) is 25.9 Å². The van der Waals surface area contributed by atoms with E-state index in [-0.39, 0.29) is 11.5 Å². The molecule has 130 valence electrons. The SMILES string of the molecule is CN(C)c1ccc(-c2noc([C@@H]3CCCN3CC(C)(C)C)n2)cn1. The van der Waals surface area contributed by atoms with Crippen LogP contribution in [0.5, 0.6) is 0 Å². The van der Waals surface area contributed by atoms with Crippen LogP contribution in [0.4, 0.5) is 5.82 Å². The minimum absolute atomic E-state index is 0.236. The zero-order valence-corrected chi connectivity index (χ0v) is 15.3. The number of anilines is 1. The van der Waals surface area contributed by atoms with Crippen LogP contribution in [-0.2, 0) is 0 Å². The zero-order chi connectivity index (χ0) is 17.3. The Hall–Kier alpha value is -1.95. The highest BCUT2D eigenvalue weighted by Gasteiger charge is 2.33. The summed E-state index contributed by atoms with van der Waals surface area (Å²) >= 11 is 0. The Morgan fingerprint density at radius 1 is 1.29 bits per heavy atom. The van der Waals surface area contributed by atoms with Gasteiger partial charge in [-0.25, -0.2) is 4.98 Å². The lowest BCUT2D eigenvalue weighted by atomic mass is 9.96. The van der Waals surface area contributed by atoms with Gasteiger partial charge in [0.2, 0.25) is 11.7 Å².